The minimum atomic E-state index is -4.48. The molecule has 0 saturated carbocycles. The summed E-state index contributed by atoms with van der Waals surface area (Å²) in [5.74, 6) is -0.0487. The van der Waals surface area contributed by atoms with Crippen molar-refractivity contribution in [2.24, 2.45) is 0 Å². The molecule has 0 atom stereocenters. The molecule has 0 aromatic heterocycles. The molecule has 8 heteroatoms. The zero-order valence-electron chi connectivity index (χ0n) is 18.7. The minimum Gasteiger partial charge on any atom is -0.370 e. The molecule has 3 rings (SSSR count). The van der Waals surface area contributed by atoms with Crippen LogP contribution in [0.2, 0.25) is 0 Å². The first-order chi connectivity index (χ1) is 15.6. The van der Waals surface area contributed by atoms with Crippen molar-refractivity contribution in [2.45, 2.75) is 45.2 Å². The SMILES string of the molecule is CC(C)c1ccc(C=CC(=O)NC(=S)Nc2cc(C(F)(F)F)ccc2N2CCCCC2)cc1. The van der Waals surface area contributed by atoms with E-state index < -0.39 is 17.6 Å². The molecule has 4 nitrogen and oxygen atoms in total. The van der Waals surface area contributed by atoms with Crippen molar-refractivity contribution in [1.29, 1.82) is 0 Å². The zero-order valence-corrected chi connectivity index (χ0v) is 19.5. The first-order valence-electron chi connectivity index (χ1n) is 11.0. The fraction of sp³-hybridized carbons (Fsp3) is 0.360. The third kappa shape index (κ3) is 7.05. The predicted octanol–water partition coefficient (Wildman–Crippen LogP) is 6.35. The van der Waals surface area contributed by atoms with Crippen LogP contribution in [0.4, 0.5) is 24.5 Å². The maximum absolute atomic E-state index is 13.3. The molecular formula is C25H28F3N3OS. The first-order valence-corrected chi connectivity index (χ1v) is 11.4. The number of alkyl halides is 3. The fourth-order valence-corrected chi connectivity index (χ4v) is 3.90. The lowest BCUT2D eigenvalue weighted by Gasteiger charge is -2.31. The summed E-state index contributed by atoms with van der Waals surface area (Å²) in [4.78, 5) is 14.3. The fourth-order valence-electron chi connectivity index (χ4n) is 3.69. The largest absolute Gasteiger partial charge is 0.416 e. The first kappa shape index (κ1) is 24.8. The van der Waals surface area contributed by atoms with Gasteiger partial charge in [-0.15, -0.1) is 0 Å². The maximum Gasteiger partial charge on any atom is 0.416 e. The molecule has 0 unspecified atom stereocenters. The van der Waals surface area contributed by atoms with Crippen molar-refractivity contribution in [2.75, 3.05) is 23.3 Å². The number of piperidine rings is 1. The topological polar surface area (TPSA) is 44.4 Å². The number of rotatable bonds is 5. The number of hydrogen-bond donors (Lipinski definition) is 2. The van der Waals surface area contributed by atoms with Crippen LogP contribution in [0.3, 0.4) is 0 Å². The van der Waals surface area contributed by atoms with Crippen molar-refractivity contribution in [3.05, 3.63) is 65.2 Å². The van der Waals surface area contributed by atoms with Crippen molar-refractivity contribution < 1.29 is 18.0 Å². The van der Waals surface area contributed by atoms with Crippen molar-refractivity contribution >= 4 is 40.7 Å². The van der Waals surface area contributed by atoms with E-state index in [1.54, 1.807) is 6.08 Å². The van der Waals surface area contributed by atoms with Crippen LogP contribution in [0.25, 0.3) is 6.08 Å². The number of halogens is 3. The molecule has 2 N–H and O–H groups in total. The number of carbonyl (C=O) groups is 1. The molecule has 176 valence electrons. The number of carbonyl (C=O) groups excluding carboxylic acids is 1. The highest BCUT2D eigenvalue weighted by molar-refractivity contribution is 7.80. The van der Waals surface area contributed by atoms with E-state index in [0.717, 1.165) is 50.0 Å². The van der Waals surface area contributed by atoms with Gasteiger partial charge in [0.25, 0.3) is 0 Å². The van der Waals surface area contributed by atoms with Crippen LogP contribution in [0.5, 0.6) is 0 Å². The van der Waals surface area contributed by atoms with Crippen LogP contribution < -0.4 is 15.5 Å². The Balaban J connectivity index is 1.69. The summed E-state index contributed by atoms with van der Waals surface area (Å²) in [6.07, 6.45) is 1.58. The van der Waals surface area contributed by atoms with Gasteiger partial charge < -0.3 is 10.2 Å². The minimum absolute atomic E-state index is 0.0580. The Morgan fingerprint density at radius 1 is 1.06 bits per heavy atom. The van der Waals surface area contributed by atoms with Gasteiger partial charge in [0, 0.05) is 19.2 Å². The van der Waals surface area contributed by atoms with Gasteiger partial charge in [-0.2, -0.15) is 13.2 Å². The molecule has 0 bridgehead atoms. The Bertz CT molecular complexity index is 1010. The van der Waals surface area contributed by atoms with E-state index in [1.807, 2.05) is 29.2 Å². The van der Waals surface area contributed by atoms with Crippen molar-refractivity contribution in [3.63, 3.8) is 0 Å². The summed E-state index contributed by atoms with van der Waals surface area (Å²) in [6, 6.07) is 11.4. The monoisotopic (exact) mass is 475 g/mol. The number of hydrogen-bond acceptors (Lipinski definition) is 3. The number of benzene rings is 2. The van der Waals surface area contributed by atoms with Crippen molar-refractivity contribution in [3.8, 4) is 0 Å². The molecule has 2 aromatic carbocycles. The number of anilines is 2. The lowest BCUT2D eigenvalue weighted by Crippen LogP contribution is -2.35. The lowest BCUT2D eigenvalue weighted by molar-refractivity contribution is -0.137. The highest BCUT2D eigenvalue weighted by Crippen LogP contribution is 2.36. The second kappa shape index (κ2) is 10.8. The molecule has 1 amide bonds. The second-order valence-electron chi connectivity index (χ2n) is 8.38. The lowest BCUT2D eigenvalue weighted by atomic mass is 10.0. The van der Waals surface area contributed by atoms with Crippen LogP contribution >= 0.6 is 12.2 Å². The van der Waals surface area contributed by atoms with E-state index >= 15 is 0 Å². The van der Waals surface area contributed by atoms with E-state index in [4.69, 9.17) is 12.2 Å². The average molecular weight is 476 g/mol. The van der Waals surface area contributed by atoms with Gasteiger partial charge in [0.05, 0.1) is 16.9 Å². The van der Waals surface area contributed by atoms with Gasteiger partial charge in [0.15, 0.2) is 5.11 Å². The van der Waals surface area contributed by atoms with E-state index in [0.29, 0.717) is 11.6 Å². The second-order valence-corrected chi connectivity index (χ2v) is 8.78. The third-order valence-corrected chi connectivity index (χ3v) is 5.74. The van der Waals surface area contributed by atoms with Gasteiger partial charge in [-0.25, -0.2) is 0 Å². The molecule has 1 aliphatic heterocycles. The van der Waals surface area contributed by atoms with Crippen LogP contribution in [-0.4, -0.2) is 24.1 Å². The molecule has 2 aromatic rings. The Morgan fingerprint density at radius 3 is 2.33 bits per heavy atom. The Morgan fingerprint density at radius 2 is 1.73 bits per heavy atom. The molecule has 1 saturated heterocycles. The van der Waals surface area contributed by atoms with Gasteiger partial charge in [-0.05, 0) is 72.8 Å². The normalized spacial score (nSPS) is 14.5. The number of amides is 1. The summed E-state index contributed by atoms with van der Waals surface area (Å²) >= 11 is 5.21. The number of nitrogens with one attached hydrogen (secondary N) is 2. The highest BCUT2D eigenvalue weighted by Gasteiger charge is 2.31. The van der Waals surface area contributed by atoms with Gasteiger partial charge >= 0.3 is 6.18 Å². The molecule has 0 radical (unpaired) electrons. The van der Waals surface area contributed by atoms with E-state index in [-0.39, 0.29) is 10.8 Å². The zero-order chi connectivity index (χ0) is 24.0. The summed E-state index contributed by atoms with van der Waals surface area (Å²) in [5, 5.41) is 5.25. The van der Waals surface area contributed by atoms with Crippen LogP contribution in [0.1, 0.15) is 55.7 Å². The Labute approximate surface area is 197 Å². The standard InChI is InChI=1S/C25H28F3N3OS/c1-17(2)19-9-6-18(7-10-19)8-13-23(32)30-24(33)29-21-16-20(25(26,27)28)11-12-22(21)31-14-4-3-5-15-31/h6-13,16-17H,3-5,14-15H2,1-2H3,(H2,29,30,32,33). The summed E-state index contributed by atoms with van der Waals surface area (Å²) in [5.41, 5.74) is 2.15. The van der Waals surface area contributed by atoms with E-state index in [1.165, 1.54) is 17.7 Å². The summed E-state index contributed by atoms with van der Waals surface area (Å²) in [6.45, 7) is 5.73. The highest BCUT2D eigenvalue weighted by atomic mass is 32.1. The summed E-state index contributed by atoms with van der Waals surface area (Å²) in [7, 11) is 0. The number of nitrogens with zero attached hydrogens (tertiary/aromatic N) is 1. The maximum atomic E-state index is 13.3. The molecule has 0 aliphatic carbocycles. The Hall–Kier alpha value is -2.87. The van der Waals surface area contributed by atoms with Crippen LogP contribution in [-0.2, 0) is 11.0 Å². The molecule has 1 aliphatic rings. The molecule has 33 heavy (non-hydrogen) atoms. The van der Waals surface area contributed by atoms with E-state index in [2.05, 4.69) is 24.5 Å². The smallest absolute Gasteiger partial charge is 0.370 e. The summed E-state index contributed by atoms with van der Waals surface area (Å²) < 4.78 is 39.8. The quantitative estimate of drug-likeness (QED) is 0.391. The average Bonchev–Trinajstić information content (AvgIpc) is 2.78. The van der Waals surface area contributed by atoms with Crippen LogP contribution in [0.15, 0.2) is 48.5 Å². The van der Waals surface area contributed by atoms with Gasteiger partial charge in [-0.3, -0.25) is 10.1 Å². The predicted molar refractivity (Wildman–Crippen MR) is 131 cm³/mol. The number of thiocarbonyl (C=S) groups is 1. The van der Waals surface area contributed by atoms with E-state index in [9.17, 15) is 18.0 Å². The van der Waals surface area contributed by atoms with Crippen molar-refractivity contribution in [1.82, 2.24) is 5.32 Å². The molecule has 0 spiro atoms. The Kier molecular flexibility index (Phi) is 8.13. The third-order valence-electron chi connectivity index (χ3n) is 5.54. The molecule has 1 fully saturated rings. The van der Waals surface area contributed by atoms with Gasteiger partial charge in [0.1, 0.15) is 0 Å². The molecule has 1 heterocycles. The molecular weight excluding hydrogens is 447 g/mol. The van der Waals surface area contributed by atoms with Gasteiger partial charge in [0.2, 0.25) is 5.91 Å². The van der Waals surface area contributed by atoms with Gasteiger partial charge in [-0.1, -0.05) is 38.1 Å². The van der Waals surface area contributed by atoms with Crippen LogP contribution in [0, 0.1) is 0 Å².